The Balaban J connectivity index is 1.06. The predicted octanol–water partition coefficient (Wildman–Crippen LogP) is 13.0. The summed E-state index contributed by atoms with van der Waals surface area (Å²) in [4.78, 5) is 19.1. The lowest BCUT2D eigenvalue weighted by Crippen LogP contribution is -2.29. The van der Waals surface area contributed by atoms with Crippen molar-refractivity contribution in [2.75, 3.05) is 0 Å². The second-order valence-electron chi connectivity index (χ2n) is 16.6. The Hall–Kier alpha value is -6.78. The lowest BCUT2D eigenvalue weighted by atomic mass is 9.63. The van der Waals surface area contributed by atoms with Crippen LogP contribution in [0.15, 0.2) is 146 Å². The Morgan fingerprint density at radius 3 is 1.54 bits per heavy atom. The molecule has 0 atom stereocenters. The van der Waals surface area contributed by atoms with Crippen molar-refractivity contribution in [3.8, 4) is 44.5 Å². The summed E-state index contributed by atoms with van der Waals surface area (Å²) in [5.74, 6) is 0. The van der Waals surface area contributed by atoms with Crippen molar-refractivity contribution in [3.05, 3.63) is 168 Å². The van der Waals surface area contributed by atoms with Gasteiger partial charge < -0.3 is 0 Å². The Bertz CT molecular complexity index is 3370. The molecule has 0 amide bonds. The van der Waals surface area contributed by atoms with Gasteiger partial charge in [-0.1, -0.05) is 107 Å². The molecule has 2 aliphatic carbocycles. The number of hydrogen-bond acceptors (Lipinski definition) is 4. The fraction of sp³-hybridized carbons (Fsp3) is 0.115. The van der Waals surface area contributed by atoms with Crippen LogP contribution in [0.5, 0.6) is 0 Å². The van der Waals surface area contributed by atoms with Gasteiger partial charge in [0.05, 0.1) is 22.1 Å². The lowest BCUT2D eigenvalue weighted by molar-refractivity contribution is 0.591. The van der Waals surface area contributed by atoms with E-state index in [0.717, 1.165) is 43.6 Å². The molecule has 0 saturated carbocycles. The van der Waals surface area contributed by atoms with E-state index >= 15 is 0 Å². The van der Waals surface area contributed by atoms with E-state index in [9.17, 15) is 0 Å². The summed E-state index contributed by atoms with van der Waals surface area (Å²) in [6.07, 6.45) is 7.45. The van der Waals surface area contributed by atoms with Crippen LogP contribution in [0.4, 0.5) is 0 Å². The maximum atomic E-state index is 4.83. The third-order valence-corrected chi connectivity index (χ3v) is 13.0. The van der Waals surface area contributed by atoms with Gasteiger partial charge in [-0.25, -0.2) is 0 Å². The van der Waals surface area contributed by atoms with Crippen LogP contribution in [0.2, 0.25) is 0 Å². The van der Waals surface area contributed by atoms with E-state index in [1.165, 1.54) is 77.5 Å². The second kappa shape index (κ2) is 10.9. The highest BCUT2D eigenvalue weighted by molar-refractivity contribution is 6.17. The van der Waals surface area contributed by atoms with E-state index in [-0.39, 0.29) is 10.8 Å². The molecule has 2 aliphatic rings. The Morgan fingerprint density at radius 2 is 0.857 bits per heavy atom. The zero-order chi connectivity index (χ0) is 37.5. The molecule has 4 nitrogen and oxygen atoms in total. The first-order valence-corrected chi connectivity index (χ1v) is 19.5. The van der Waals surface area contributed by atoms with Crippen LogP contribution in [0.25, 0.3) is 98.9 Å². The molecule has 0 aliphatic heterocycles. The maximum Gasteiger partial charge on any atom is 0.0970 e. The molecule has 4 aromatic heterocycles. The Kier molecular flexibility index (Phi) is 6.15. The fourth-order valence-corrected chi connectivity index (χ4v) is 10.5. The van der Waals surface area contributed by atoms with Gasteiger partial charge in [-0.05, 0) is 120 Å². The Labute approximate surface area is 324 Å². The summed E-state index contributed by atoms with van der Waals surface area (Å²) >= 11 is 0. The minimum Gasteiger partial charge on any atom is -0.254 e. The minimum atomic E-state index is -0.252. The first-order chi connectivity index (χ1) is 27.3. The molecule has 56 heavy (non-hydrogen) atoms. The molecule has 6 aromatic carbocycles. The van der Waals surface area contributed by atoms with Crippen LogP contribution >= 0.6 is 0 Å². The number of nitrogens with zero attached hydrogens (tertiary/aromatic N) is 4. The van der Waals surface area contributed by atoms with Gasteiger partial charge in [0, 0.05) is 57.2 Å². The summed E-state index contributed by atoms with van der Waals surface area (Å²) in [6, 6.07) is 44.9. The van der Waals surface area contributed by atoms with Crippen molar-refractivity contribution in [2.45, 2.75) is 38.5 Å². The predicted molar refractivity (Wildman–Crippen MR) is 231 cm³/mol. The zero-order valence-corrected chi connectivity index (χ0v) is 31.6. The molecule has 0 N–H and O–H groups in total. The third-order valence-electron chi connectivity index (χ3n) is 13.0. The minimum absolute atomic E-state index is 0.230. The van der Waals surface area contributed by atoms with E-state index in [1.807, 2.05) is 49.1 Å². The highest BCUT2D eigenvalue weighted by Gasteiger charge is 2.44. The monoisotopic (exact) mass is 716 g/mol. The summed E-state index contributed by atoms with van der Waals surface area (Å²) in [6.45, 7) is 9.72. The van der Waals surface area contributed by atoms with Crippen molar-refractivity contribution in [2.24, 2.45) is 0 Å². The van der Waals surface area contributed by atoms with Crippen molar-refractivity contribution in [1.29, 1.82) is 0 Å². The average Bonchev–Trinajstić information content (AvgIpc) is 3.47. The first kappa shape index (κ1) is 31.6. The van der Waals surface area contributed by atoms with Crippen LogP contribution in [-0.4, -0.2) is 19.9 Å². The molecule has 264 valence electrons. The summed E-state index contributed by atoms with van der Waals surface area (Å²) in [7, 11) is 0. The van der Waals surface area contributed by atoms with E-state index < -0.39 is 0 Å². The molecular formula is C52H36N4. The number of fused-ring (bicyclic) bond motifs is 12. The summed E-state index contributed by atoms with van der Waals surface area (Å²) < 4.78 is 0. The highest BCUT2D eigenvalue weighted by Crippen LogP contribution is 2.59. The van der Waals surface area contributed by atoms with Crippen LogP contribution < -0.4 is 0 Å². The van der Waals surface area contributed by atoms with E-state index in [0.29, 0.717) is 0 Å². The van der Waals surface area contributed by atoms with Gasteiger partial charge in [0.15, 0.2) is 0 Å². The number of pyridine rings is 4. The topological polar surface area (TPSA) is 51.6 Å². The van der Waals surface area contributed by atoms with Gasteiger partial charge >= 0.3 is 0 Å². The molecule has 0 bridgehead atoms. The van der Waals surface area contributed by atoms with Gasteiger partial charge in [-0.3, -0.25) is 19.9 Å². The fourth-order valence-electron chi connectivity index (χ4n) is 10.5. The summed E-state index contributed by atoms with van der Waals surface area (Å²) in [5, 5.41) is 7.06. The quantitative estimate of drug-likeness (QED) is 0.167. The number of aromatic nitrogens is 4. The molecule has 0 saturated heterocycles. The molecule has 4 heterocycles. The van der Waals surface area contributed by atoms with Crippen LogP contribution in [0.3, 0.4) is 0 Å². The lowest BCUT2D eigenvalue weighted by Gasteiger charge is -2.40. The van der Waals surface area contributed by atoms with Crippen molar-refractivity contribution in [1.82, 2.24) is 19.9 Å². The normalized spacial score (nSPS) is 14.7. The molecular weight excluding hydrogens is 681 g/mol. The standard InChI is InChI=1S/C52H36N4/c1-51(2)42-15-5-12-34-32(41-27-31-11-7-23-54-48(31)50-39(41)14-9-25-56-50)18-19-35(44(34)42)37-21-20-36-33-17-16-29(28-43(33)52(3,4)45(36)46(37)51)40-26-30-10-6-22-53-47(30)49-38(40)13-8-24-55-49/h5-28H,1-4H3. The van der Waals surface area contributed by atoms with Gasteiger partial charge in [0.2, 0.25) is 0 Å². The molecule has 4 heteroatoms. The zero-order valence-electron chi connectivity index (χ0n) is 31.6. The maximum absolute atomic E-state index is 4.83. The number of rotatable bonds is 2. The molecule has 0 unspecified atom stereocenters. The smallest absolute Gasteiger partial charge is 0.0970 e. The average molecular weight is 717 g/mol. The first-order valence-electron chi connectivity index (χ1n) is 19.5. The number of hydrogen-bond donors (Lipinski definition) is 0. The van der Waals surface area contributed by atoms with Gasteiger partial charge in [0.25, 0.3) is 0 Å². The van der Waals surface area contributed by atoms with Gasteiger partial charge in [-0.2, -0.15) is 0 Å². The second-order valence-corrected chi connectivity index (χ2v) is 16.6. The molecule has 0 fully saturated rings. The highest BCUT2D eigenvalue weighted by atomic mass is 14.7. The number of benzene rings is 6. The molecule has 0 spiro atoms. The van der Waals surface area contributed by atoms with E-state index in [4.69, 9.17) is 19.9 Å². The largest absolute Gasteiger partial charge is 0.254 e. The van der Waals surface area contributed by atoms with Crippen LogP contribution in [-0.2, 0) is 10.8 Å². The molecule has 0 radical (unpaired) electrons. The molecule has 10 aromatic rings. The third kappa shape index (κ3) is 4.03. The van der Waals surface area contributed by atoms with Crippen molar-refractivity contribution >= 4 is 54.4 Å². The van der Waals surface area contributed by atoms with E-state index in [2.05, 4.69) is 125 Å². The molecule has 12 rings (SSSR count). The SMILES string of the molecule is CC1(C)c2cc(-c3cc4cccnc4c4ncccc34)ccc2-c2ccc3c(c21)C(C)(C)c1cccc2c(-c4cc5cccnc5c5ncccc45)ccc-3c12. The van der Waals surface area contributed by atoms with Gasteiger partial charge in [0.1, 0.15) is 0 Å². The van der Waals surface area contributed by atoms with E-state index in [1.54, 1.807) is 0 Å². The van der Waals surface area contributed by atoms with Gasteiger partial charge in [-0.15, -0.1) is 0 Å². The van der Waals surface area contributed by atoms with Crippen molar-refractivity contribution < 1.29 is 0 Å². The Morgan fingerprint density at radius 1 is 0.357 bits per heavy atom. The van der Waals surface area contributed by atoms with Crippen LogP contribution in [0.1, 0.15) is 49.9 Å². The summed E-state index contributed by atoms with van der Waals surface area (Å²) in [5.41, 5.74) is 19.0. The van der Waals surface area contributed by atoms with Crippen molar-refractivity contribution in [3.63, 3.8) is 0 Å². The van der Waals surface area contributed by atoms with Crippen LogP contribution in [0, 0.1) is 0 Å².